The number of hydrogen-bond acceptors (Lipinski definition) is 4. The van der Waals surface area contributed by atoms with Crippen LogP contribution >= 0.6 is 0 Å². The van der Waals surface area contributed by atoms with Crippen molar-refractivity contribution < 1.29 is 4.79 Å². The third-order valence-corrected chi connectivity index (χ3v) is 5.37. The van der Waals surface area contributed by atoms with Gasteiger partial charge in [0.1, 0.15) is 11.9 Å². The number of aromatic nitrogens is 3. The first-order valence-electron chi connectivity index (χ1n) is 9.18. The molecule has 132 valence electrons. The number of nitrogens with one attached hydrogen (secondary N) is 1. The van der Waals surface area contributed by atoms with Crippen LogP contribution in [0.2, 0.25) is 0 Å². The zero-order valence-electron chi connectivity index (χ0n) is 14.7. The summed E-state index contributed by atoms with van der Waals surface area (Å²) in [4.78, 5) is 14.8. The van der Waals surface area contributed by atoms with Gasteiger partial charge in [-0.05, 0) is 44.3 Å². The van der Waals surface area contributed by atoms with Gasteiger partial charge in [0, 0.05) is 13.0 Å². The molecule has 0 bridgehead atoms. The molecule has 0 unspecified atom stereocenters. The van der Waals surface area contributed by atoms with Crippen LogP contribution in [0.1, 0.15) is 43.0 Å². The molecule has 0 aliphatic carbocycles. The Morgan fingerprint density at radius 2 is 1.92 bits per heavy atom. The third kappa shape index (κ3) is 3.31. The highest BCUT2D eigenvalue weighted by atomic mass is 16.2. The molecule has 2 aliphatic rings. The highest BCUT2D eigenvalue weighted by Gasteiger charge is 2.33. The van der Waals surface area contributed by atoms with E-state index in [1.807, 2.05) is 30.0 Å². The van der Waals surface area contributed by atoms with Crippen LogP contribution in [-0.4, -0.2) is 38.7 Å². The minimum atomic E-state index is -0.223. The van der Waals surface area contributed by atoms with Crippen molar-refractivity contribution in [3.63, 3.8) is 0 Å². The van der Waals surface area contributed by atoms with E-state index in [9.17, 15) is 4.79 Å². The lowest BCUT2D eigenvalue weighted by Gasteiger charge is -2.32. The van der Waals surface area contributed by atoms with E-state index in [4.69, 9.17) is 0 Å². The Bertz CT molecular complexity index is 736. The maximum Gasteiger partial charge on any atom is 0.246 e. The number of piperidine rings is 1. The Hall–Kier alpha value is -2.21. The van der Waals surface area contributed by atoms with E-state index < -0.39 is 0 Å². The van der Waals surface area contributed by atoms with E-state index in [1.54, 1.807) is 0 Å². The Balaban J connectivity index is 1.52. The van der Waals surface area contributed by atoms with Gasteiger partial charge in [-0.15, -0.1) is 10.2 Å². The van der Waals surface area contributed by atoms with Crippen LogP contribution in [0.4, 0.5) is 0 Å². The third-order valence-electron chi connectivity index (χ3n) is 5.37. The maximum atomic E-state index is 12.9. The fraction of sp³-hybridized carbons (Fsp3) is 0.526. The fourth-order valence-corrected chi connectivity index (χ4v) is 3.96. The summed E-state index contributed by atoms with van der Waals surface area (Å²) >= 11 is 0. The monoisotopic (exact) mass is 339 g/mol. The molecule has 0 saturated carbocycles. The normalized spacial score (nSPS) is 21.4. The van der Waals surface area contributed by atoms with Gasteiger partial charge in [0.25, 0.3) is 0 Å². The Labute approximate surface area is 148 Å². The van der Waals surface area contributed by atoms with Crippen LogP contribution < -0.4 is 5.32 Å². The average molecular weight is 339 g/mol. The van der Waals surface area contributed by atoms with Crippen LogP contribution in [0.15, 0.2) is 30.3 Å². The minimum absolute atomic E-state index is 0.155. The zero-order valence-corrected chi connectivity index (χ0v) is 14.7. The molecule has 6 heteroatoms. The molecule has 0 spiro atoms. The predicted molar refractivity (Wildman–Crippen MR) is 94.7 cm³/mol. The minimum Gasteiger partial charge on any atom is -0.329 e. The van der Waals surface area contributed by atoms with Crippen molar-refractivity contribution in [2.45, 2.75) is 45.3 Å². The second kappa shape index (κ2) is 6.96. The van der Waals surface area contributed by atoms with Gasteiger partial charge >= 0.3 is 0 Å². The first-order chi connectivity index (χ1) is 12.2. The van der Waals surface area contributed by atoms with Gasteiger partial charge in [-0.25, -0.2) is 0 Å². The topological polar surface area (TPSA) is 63.1 Å². The van der Waals surface area contributed by atoms with Crippen LogP contribution in [0, 0.1) is 5.92 Å². The number of carbonyl (C=O) groups is 1. The first kappa shape index (κ1) is 16.3. The fourth-order valence-electron chi connectivity index (χ4n) is 3.96. The largest absolute Gasteiger partial charge is 0.329 e. The quantitative estimate of drug-likeness (QED) is 0.924. The second-order valence-electron chi connectivity index (χ2n) is 7.16. The lowest BCUT2D eigenvalue weighted by molar-refractivity contribution is -0.137. The lowest BCUT2D eigenvalue weighted by Crippen LogP contribution is -2.42. The van der Waals surface area contributed by atoms with E-state index in [2.05, 4.69) is 32.2 Å². The van der Waals surface area contributed by atoms with Crippen molar-refractivity contribution in [2.75, 3.05) is 13.1 Å². The van der Waals surface area contributed by atoms with Crippen molar-refractivity contribution in [1.29, 1.82) is 0 Å². The zero-order chi connectivity index (χ0) is 17.2. The van der Waals surface area contributed by atoms with Gasteiger partial charge in [0.15, 0.2) is 5.82 Å². The molecular weight excluding hydrogens is 314 g/mol. The first-order valence-corrected chi connectivity index (χ1v) is 9.18. The molecule has 1 aromatic carbocycles. The average Bonchev–Trinajstić information content (AvgIpc) is 3.04. The molecule has 6 nitrogen and oxygen atoms in total. The summed E-state index contributed by atoms with van der Waals surface area (Å²) in [6.07, 6.45) is 3.26. The Morgan fingerprint density at radius 3 is 2.68 bits per heavy atom. The van der Waals surface area contributed by atoms with Gasteiger partial charge < -0.3 is 14.8 Å². The summed E-state index contributed by atoms with van der Waals surface area (Å²) < 4.78 is 2.08. The molecule has 1 fully saturated rings. The predicted octanol–water partition coefficient (Wildman–Crippen LogP) is 1.92. The highest BCUT2D eigenvalue weighted by Crippen LogP contribution is 2.26. The summed E-state index contributed by atoms with van der Waals surface area (Å²) in [7, 11) is 0. The van der Waals surface area contributed by atoms with Gasteiger partial charge in [0.05, 0.1) is 6.54 Å². The Kier molecular flexibility index (Phi) is 4.53. The van der Waals surface area contributed by atoms with E-state index >= 15 is 0 Å². The number of hydrogen-bond donors (Lipinski definition) is 1. The summed E-state index contributed by atoms with van der Waals surface area (Å²) in [5.41, 5.74) is 1.14. The van der Waals surface area contributed by atoms with Crippen molar-refractivity contribution in [3.05, 3.63) is 47.5 Å². The molecule has 25 heavy (non-hydrogen) atoms. The molecule has 0 radical (unpaired) electrons. The molecule has 1 N–H and O–H groups in total. The van der Waals surface area contributed by atoms with E-state index in [1.165, 1.54) is 12.8 Å². The number of carbonyl (C=O) groups excluding carboxylic acids is 1. The van der Waals surface area contributed by atoms with Gasteiger partial charge in [-0.1, -0.05) is 30.3 Å². The molecule has 1 atom stereocenters. The van der Waals surface area contributed by atoms with Crippen molar-refractivity contribution >= 4 is 5.91 Å². The van der Waals surface area contributed by atoms with Crippen molar-refractivity contribution in [3.8, 4) is 0 Å². The summed E-state index contributed by atoms with van der Waals surface area (Å²) in [5, 5.41) is 12.2. The van der Waals surface area contributed by atoms with Gasteiger partial charge in [0.2, 0.25) is 5.91 Å². The lowest BCUT2D eigenvalue weighted by atomic mass is 9.94. The van der Waals surface area contributed by atoms with Crippen LogP contribution in [0.25, 0.3) is 0 Å². The number of amides is 1. The smallest absolute Gasteiger partial charge is 0.246 e. The molecule has 2 aromatic rings. The van der Waals surface area contributed by atoms with E-state index in [0.717, 1.165) is 36.7 Å². The standard InChI is InChI=1S/C19H25N5O/c1-14-19(25)23(12-16-5-3-2-4-6-16)13-18-22-21-17(24(14)18)11-15-7-9-20-10-8-15/h2-6,14-15,20H,7-13H2,1H3/t14-/m1/s1. The molecule has 3 heterocycles. The summed E-state index contributed by atoms with van der Waals surface area (Å²) in [6.45, 7) is 5.28. The van der Waals surface area contributed by atoms with Crippen LogP contribution in [0.3, 0.4) is 0 Å². The molecule has 1 saturated heterocycles. The van der Waals surface area contributed by atoms with E-state index in [-0.39, 0.29) is 11.9 Å². The van der Waals surface area contributed by atoms with Gasteiger partial charge in [-0.3, -0.25) is 4.79 Å². The van der Waals surface area contributed by atoms with Gasteiger partial charge in [-0.2, -0.15) is 0 Å². The molecule has 4 rings (SSSR count). The summed E-state index contributed by atoms with van der Waals surface area (Å²) in [5.74, 6) is 2.68. The van der Waals surface area contributed by atoms with Crippen molar-refractivity contribution in [2.24, 2.45) is 5.92 Å². The molecule has 2 aliphatic heterocycles. The number of rotatable bonds is 4. The summed E-state index contributed by atoms with van der Waals surface area (Å²) in [6, 6.07) is 9.90. The number of nitrogens with zero attached hydrogens (tertiary/aromatic N) is 4. The second-order valence-corrected chi connectivity index (χ2v) is 7.16. The van der Waals surface area contributed by atoms with E-state index in [0.29, 0.717) is 19.0 Å². The Morgan fingerprint density at radius 1 is 1.16 bits per heavy atom. The molecule has 1 amide bonds. The maximum absolute atomic E-state index is 12.9. The number of benzene rings is 1. The molecule has 1 aromatic heterocycles. The van der Waals surface area contributed by atoms with Crippen molar-refractivity contribution in [1.82, 2.24) is 25.0 Å². The SMILES string of the molecule is C[C@@H]1C(=O)N(Cc2ccccc2)Cc2nnc(CC3CCNCC3)n21. The highest BCUT2D eigenvalue weighted by molar-refractivity contribution is 5.81. The van der Waals surface area contributed by atoms with Crippen LogP contribution in [0.5, 0.6) is 0 Å². The van der Waals surface area contributed by atoms with Crippen LogP contribution in [-0.2, 0) is 24.3 Å². The number of fused-ring (bicyclic) bond motifs is 1. The molecular formula is C19H25N5O.